The Kier molecular flexibility index (Phi) is 6.32. The van der Waals surface area contributed by atoms with Gasteiger partial charge in [-0.1, -0.05) is 55.8 Å². The molecule has 1 heterocycles. The number of amides is 2. The fourth-order valence-corrected chi connectivity index (χ4v) is 3.38. The molecule has 6 heteroatoms. The molecule has 0 spiro atoms. The van der Waals surface area contributed by atoms with Crippen molar-refractivity contribution in [2.45, 2.75) is 46.2 Å². The van der Waals surface area contributed by atoms with Crippen molar-refractivity contribution in [3.63, 3.8) is 0 Å². The van der Waals surface area contributed by atoms with Crippen LogP contribution in [0.4, 0.5) is 0 Å². The van der Waals surface area contributed by atoms with Gasteiger partial charge in [0.25, 0.3) is 0 Å². The van der Waals surface area contributed by atoms with Crippen molar-refractivity contribution in [3.05, 3.63) is 65.5 Å². The van der Waals surface area contributed by atoms with Gasteiger partial charge in [0, 0.05) is 6.92 Å². The van der Waals surface area contributed by atoms with Gasteiger partial charge < -0.3 is 15.6 Å². The molecule has 0 radical (unpaired) electrons. The third kappa shape index (κ3) is 5.22. The largest absolute Gasteiger partial charge is 0.349 e. The Balaban J connectivity index is 1.77. The zero-order valence-electron chi connectivity index (χ0n) is 17.3. The maximum atomic E-state index is 12.9. The van der Waals surface area contributed by atoms with Gasteiger partial charge >= 0.3 is 0 Å². The number of fused-ring (bicyclic) bond motifs is 1. The third-order valence-corrected chi connectivity index (χ3v) is 4.93. The van der Waals surface area contributed by atoms with E-state index in [0.29, 0.717) is 0 Å². The molecule has 152 valence electrons. The molecule has 0 bridgehead atoms. The van der Waals surface area contributed by atoms with E-state index in [-0.39, 0.29) is 36.2 Å². The van der Waals surface area contributed by atoms with Crippen molar-refractivity contribution in [2.24, 2.45) is 5.92 Å². The molecule has 2 amide bonds. The first-order chi connectivity index (χ1) is 13.8. The summed E-state index contributed by atoms with van der Waals surface area (Å²) in [5.74, 6) is 0.587. The molecule has 0 fully saturated rings. The first kappa shape index (κ1) is 20.6. The van der Waals surface area contributed by atoms with Crippen molar-refractivity contribution in [3.8, 4) is 0 Å². The minimum Gasteiger partial charge on any atom is -0.349 e. The molecular formula is C23H28N4O2. The number of aromatic amines is 1. The van der Waals surface area contributed by atoms with Crippen molar-refractivity contribution in [1.82, 2.24) is 20.6 Å². The Morgan fingerprint density at radius 3 is 2.34 bits per heavy atom. The smallest absolute Gasteiger partial charge is 0.223 e. The van der Waals surface area contributed by atoms with Crippen molar-refractivity contribution in [2.75, 3.05) is 0 Å². The van der Waals surface area contributed by atoms with E-state index < -0.39 is 0 Å². The number of hydrogen-bond acceptors (Lipinski definition) is 3. The zero-order valence-corrected chi connectivity index (χ0v) is 17.3. The van der Waals surface area contributed by atoms with Crippen LogP contribution < -0.4 is 10.6 Å². The normalized spacial score (nSPS) is 13.3. The Morgan fingerprint density at radius 1 is 1.03 bits per heavy atom. The van der Waals surface area contributed by atoms with Crippen molar-refractivity contribution < 1.29 is 9.59 Å². The summed E-state index contributed by atoms with van der Waals surface area (Å²) in [6, 6.07) is 15.0. The molecule has 0 aliphatic rings. The quantitative estimate of drug-likeness (QED) is 0.569. The van der Waals surface area contributed by atoms with Gasteiger partial charge in [0.05, 0.1) is 29.5 Å². The summed E-state index contributed by atoms with van der Waals surface area (Å²) in [5.41, 5.74) is 3.85. The minimum atomic E-state index is -0.378. The van der Waals surface area contributed by atoms with Crippen LogP contribution in [0.3, 0.4) is 0 Å². The number of benzene rings is 2. The van der Waals surface area contributed by atoms with E-state index in [2.05, 4.69) is 20.6 Å². The van der Waals surface area contributed by atoms with E-state index in [1.807, 2.05) is 69.3 Å². The van der Waals surface area contributed by atoms with E-state index >= 15 is 0 Å². The Labute approximate surface area is 171 Å². The lowest BCUT2D eigenvalue weighted by Crippen LogP contribution is -2.36. The lowest BCUT2D eigenvalue weighted by atomic mass is 10.00. The molecule has 0 aliphatic carbocycles. The van der Waals surface area contributed by atoms with Crippen LogP contribution in [0.2, 0.25) is 0 Å². The highest BCUT2D eigenvalue weighted by atomic mass is 16.2. The summed E-state index contributed by atoms with van der Waals surface area (Å²) < 4.78 is 0. The molecule has 0 saturated heterocycles. The number of H-pyrrole nitrogens is 1. The van der Waals surface area contributed by atoms with Gasteiger partial charge in [-0.05, 0) is 30.5 Å². The van der Waals surface area contributed by atoms with Gasteiger partial charge in [0.2, 0.25) is 11.8 Å². The summed E-state index contributed by atoms with van der Waals surface area (Å²) in [6.45, 7) is 7.56. The second-order valence-corrected chi connectivity index (χ2v) is 7.80. The summed E-state index contributed by atoms with van der Waals surface area (Å²) in [5, 5.41) is 5.98. The molecule has 29 heavy (non-hydrogen) atoms. The van der Waals surface area contributed by atoms with Crippen LogP contribution in [0.25, 0.3) is 11.0 Å². The number of para-hydroxylation sites is 2. The second kappa shape index (κ2) is 8.90. The van der Waals surface area contributed by atoms with Gasteiger partial charge in [-0.3, -0.25) is 9.59 Å². The van der Waals surface area contributed by atoms with Gasteiger partial charge in [0.1, 0.15) is 5.82 Å². The molecular weight excluding hydrogens is 364 g/mol. The standard InChI is InChI=1S/C23H28N4O2/c1-14(2)22(23-25-18-7-5-6-8-19(18)26-23)27-21(29)13-20(24-16(4)28)17-11-9-15(3)10-12-17/h5-12,14,20,22H,13H2,1-4H3,(H,24,28)(H,25,26)(H,27,29)/t20-,22-/m0/s1. The third-order valence-electron chi connectivity index (χ3n) is 4.93. The first-order valence-corrected chi connectivity index (χ1v) is 9.91. The molecule has 1 aromatic heterocycles. The van der Waals surface area contributed by atoms with Gasteiger partial charge in [-0.25, -0.2) is 4.98 Å². The Morgan fingerprint density at radius 2 is 1.72 bits per heavy atom. The van der Waals surface area contributed by atoms with Crippen molar-refractivity contribution in [1.29, 1.82) is 0 Å². The number of nitrogens with one attached hydrogen (secondary N) is 3. The number of aryl methyl sites for hydroxylation is 1. The highest BCUT2D eigenvalue weighted by molar-refractivity contribution is 5.80. The number of carbonyl (C=O) groups excluding carboxylic acids is 2. The number of hydrogen-bond donors (Lipinski definition) is 3. The topological polar surface area (TPSA) is 86.9 Å². The predicted octanol–water partition coefficient (Wildman–Crippen LogP) is 3.95. The van der Waals surface area contributed by atoms with Crippen molar-refractivity contribution >= 4 is 22.8 Å². The van der Waals surface area contributed by atoms with Crippen LogP contribution in [0, 0.1) is 12.8 Å². The van der Waals surface area contributed by atoms with Gasteiger partial charge in [-0.2, -0.15) is 0 Å². The van der Waals surface area contributed by atoms with Crippen LogP contribution in [0.1, 0.15) is 56.2 Å². The fourth-order valence-electron chi connectivity index (χ4n) is 3.38. The summed E-state index contributed by atoms with van der Waals surface area (Å²) in [7, 11) is 0. The Bertz CT molecular complexity index is 959. The maximum absolute atomic E-state index is 12.9. The van der Waals surface area contributed by atoms with E-state index in [0.717, 1.165) is 28.0 Å². The van der Waals surface area contributed by atoms with E-state index in [1.165, 1.54) is 6.92 Å². The fraction of sp³-hybridized carbons (Fsp3) is 0.348. The monoisotopic (exact) mass is 392 g/mol. The molecule has 2 aromatic carbocycles. The van der Waals surface area contributed by atoms with Gasteiger partial charge in [0.15, 0.2) is 0 Å². The zero-order chi connectivity index (χ0) is 21.0. The SMILES string of the molecule is CC(=O)N[C@@H](CC(=O)N[C@H](c1nc2ccccc2[nH]1)C(C)C)c1ccc(C)cc1. The van der Waals surface area contributed by atoms with Crippen LogP contribution in [0.15, 0.2) is 48.5 Å². The van der Waals surface area contributed by atoms with E-state index in [1.54, 1.807) is 0 Å². The Hall–Kier alpha value is -3.15. The highest BCUT2D eigenvalue weighted by Gasteiger charge is 2.24. The average molecular weight is 393 g/mol. The summed E-state index contributed by atoms with van der Waals surface area (Å²) in [6.07, 6.45) is 0.159. The highest BCUT2D eigenvalue weighted by Crippen LogP contribution is 2.24. The summed E-state index contributed by atoms with van der Waals surface area (Å²) >= 11 is 0. The molecule has 0 unspecified atom stereocenters. The molecule has 3 N–H and O–H groups in total. The number of aromatic nitrogens is 2. The second-order valence-electron chi connectivity index (χ2n) is 7.80. The molecule has 2 atom stereocenters. The number of carbonyl (C=O) groups is 2. The maximum Gasteiger partial charge on any atom is 0.223 e. The molecule has 3 aromatic rings. The van der Waals surface area contributed by atoms with Gasteiger partial charge in [-0.15, -0.1) is 0 Å². The van der Waals surface area contributed by atoms with Crippen LogP contribution in [-0.2, 0) is 9.59 Å². The van der Waals surface area contributed by atoms with E-state index in [4.69, 9.17) is 0 Å². The molecule has 3 rings (SSSR count). The van der Waals surface area contributed by atoms with Crippen LogP contribution in [-0.4, -0.2) is 21.8 Å². The van der Waals surface area contributed by atoms with Crippen LogP contribution >= 0.6 is 0 Å². The predicted molar refractivity (Wildman–Crippen MR) is 114 cm³/mol. The first-order valence-electron chi connectivity index (χ1n) is 9.91. The lowest BCUT2D eigenvalue weighted by Gasteiger charge is -2.23. The van der Waals surface area contributed by atoms with Crippen LogP contribution in [0.5, 0.6) is 0 Å². The average Bonchev–Trinajstić information content (AvgIpc) is 3.09. The van der Waals surface area contributed by atoms with E-state index in [9.17, 15) is 9.59 Å². The molecule has 6 nitrogen and oxygen atoms in total. The number of nitrogens with zero attached hydrogens (tertiary/aromatic N) is 1. The summed E-state index contributed by atoms with van der Waals surface area (Å²) in [4.78, 5) is 32.5. The molecule has 0 saturated carbocycles. The number of rotatable bonds is 7. The molecule has 0 aliphatic heterocycles. The number of imidazole rings is 1. The lowest BCUT2D eigenvalue weighted by molar-refractivity contribution is -0.123. The minimum absolute atomic E-state index is 0.136.